The molecule has 7 heteroatoms. The Morgan fingerprint density at radius 3 is 2.69 bits per heavy atom. The monoisotopic (exact) mass is 462 g/mol. The number of carbonyl (C=O) groups excluding carboxylic acids is 1. The molecule has 0 atom stereocenters. The van der Waals surface area contributed by atoms with Gasteiger partial charge in [0, 0.05) is 24.9 Å². The van der Waals surface area contributed by atoms with Crippen LogP contribution in [-0.4, -0.2) is 39.2 Å². The largest absolute Gasteiger partial charge is 0.342 e. The molecule has 2 aromatic carbocycles. The molecule has 4 rings (SSSR count). The highest BCUT2D eigenvalue weighted by atomic mass is 32.2. The van der Waals surface area contributed by atoms with E-state index in [1.54, 1.807) is 28.0 Å². The maximum atomic E-state index is 12.7. The van der Waals surface area contributed by atoms with E-state index in [1.165, 1.54) is 5.56 Å². The first-order valence-electron chi connectivity index (χ1n) is 10.6. The van der Waals surface area contributed by atoms with Gasteiger partial charge >= 0.3 is 0 Å². The van der Waals surface area contributed by atoms with Gasteiger partial charge < -0.3 is 4.90 Å². The molecule has 32 heavy (non-hydrogen) atoms. The minimum Gasteiger partial charge on any atom is -0.342 e. The van der Waals surface area contributed by atoms with E-state index in [-0.39, 0.29) is 5.91 Å². The average Bonchev–Trinajstić information content (AvgIpc) is 3.48. The summed E-state index contributed by atoms with van der Waals surface area (Å²) in [6, 6.07) is 20.2. The van der Waals surface area contributed by atoms with E-state index < -0.39 is 0 Å². The molecule has 0 radical (unpaired) electrons. The van der Waals surface area contributed by atoms with Crippen molar-refractivity contribution in [2.45, 2.75) is 31.2 Å². The molecule has 0 aliphatic carbocycles. The Labute approximate surface area is 197 Å². The molecule has 0 N–H and O–H groups in total. The molecule has 0 unspecified atom stereocenters. The van der Waals surface area contributed by atoms with Crippen molar-refractivity contribution in [3.63, 3.8) is 0 Å². The van der Waals surface area contributed by atoms with Crippen LogP contribution in [0.3, 0.4) is 0 Å². The fraction of sp³-hybridized carbons (Fsp3) is 0.240. The lowest BCUT2D eigenvalue weighted by molar-refractivity contribution is 0.0795. The Balaban J connectivity index is 1.62. The lowest BCUT2D eigenvalue weighted by Crippen LogP contribution is -2.27. The number of nitrogens with zero attached hydrogens (tertiary/aromatic N) is 4. The Hall–Kier alpha value is -2.90. The van der Waals surface area contributed by atoms with Gasteiger partial charge in [0.25, 0.3) is 5.91 Å². The van der Waals surface area contributed by atoms with Crippen molar-refractivity contribution in [2.75, 3.05) is 13.6 Å². The second-order valence-electron chi connectivity index (χ2n) is 7.62. The number of hydrogen-bond acceptors (Lipinski definition) is 5. The smallest absolute Gasteiger partial charge is 0.253 e. The maximum Gasteiger partial charge on any atom is 0.253 e. The number of rotatable bonds is 8. The summed E-state index contributed by atoms with van der Waals surface area (Å²) in [5.74, 6) is 1.61. The predicted molar refractivity (Wildman–Crippen MR) is 133 cm³/mol. The summed E-state index contributed by atoms with van der Waals surface area (Å²) in [5.41, 5.74) is 4.05. The van der Waals surface area contributed by atoms with Crippen LogP contribution in [-0.2, 0) is 5.75 Å². The van der Waals surface area contributed by atoms with E-state index >= 15 is 0 Å². The fourth-order valence-electron chi connectivity index (χ4n) is 3.56. The second-order valence-corrected chi connectivity index (χ2v) is 9.51. The maximum absolute atomic E-state index is 12.7. The number of para-hydroxylation sites is 1. The van der Waals surface area contributed by atoms with Crippen LogP contribution in [0.25, 0.3) is 16.4 Å². The summed E-state index contributed by atoms with van der Waals surface area (Å²) in [5, 5.41) is 11.9. The third-order valence-corrected chi connectivity index (χ3v) is 7.04. The molecule has 0 aliphatic rings. The van der Waals surface area contributed by atoms with Gasteiger partial charge in [-0.25, -0.2) is 0 Å². The Morgan fingerprint density at radius 1 is 1.09 bits per heavy atom. The molecular weight excluding hydrogens is 436 g/mol. The highest BCUT2D eigenvalue weighted by Crippen LogP contribution is 2.32. The fourth-order valence-corrected chi connectivity index (χ4v) is 5.15. The molecule has 0 aliphatic heterocycles. The van der Waals surface area contributed by atoms with E-state index in [2.05, 4.69) is 58.3 Å². The number of amides is 1. The first-order valence-corrected chi connectivity index (χ1v) is 12.5. The van der Waals surface area contributed by atoms with Crippen LogP contribution >= 0.6 is 23.1 Å². The third kappa shape index (κ3) is 4.79. The molecule has 0 fully saturated rings. The summed E-state index contributed by atoms with van der Waals surface area (Å²) < 4.78 is 2.13. The van der Waals surface area contributed by atoms with E-state index in [0.29, 0.717) is 5.75 Å². The molecule has 0 bridgehead atoms. The first kappa shape index (κ1) is 22.3. The van der Waals surface area contributed by atoms with Gasteiger partial charge in [-0.1, -0.05) is 55.1 Å². The van der Waals surface area contributed by atoms with Crippen LogP contribution in [0.1, 0.15) is 34.8 Å². The molecule has 164 valence electrons. The van der Waals surface area contributed by atoms with Crippen LogP contribution < -0.4 is 0 Å². The number of thioether (sulfide) groups is 1. The number of thiophene rings is 1. The zero-order valence-electron chi connectivity index (χ0n) is 18.5. The van der Waals surface area contributed by atoms with E-state index in [0.717, 1.165) is 45.6 Å². The van der Waals surface area contributed by atoms with Gasteiger partial charge in [0.1, 0.15) is 0 Å². The van der Waals surface area contributed by atoms with Gasteiger partial charge in [0.05, 0.1) is 10.6 Å². The number of aryl methyl sites for hydroxylation is 1. The predicted octanol–water partition coefficient (Wildman–Crippen LogP) is 6.08. The number of aromatic nitrogens is 3. The molecule has 5 nitrogen and oxygen atoms in total. The van der Waals surface area contributed by atoms with Gasteiger partial charge in [-0.3, -0.25) is 9.36 Å². The molecule has 4 aromatic rings. The van der Waals surface area contributed by atoms with Crippen molar-refractivity contribution >= 4 is 29.0 Å². The quantitative estimate of drug-likeness (QED) is 0.298. The van der Waals surface area contributed by atoms with Gasteiger partial charge in [0.2, 0.25) is 0 Å². The molecular formula is C25H26N4OS2. The minimum absolute atomic E-state index is 0.0572. The summed E-state index contributed by atoms with van der Waals surface area (Å²) in [6.45, 7) is 4.93. The zero-order chi connectivity index (χ0) is 22.5. The molecule has 2 aromatic heterocycles. The number of hydrogen-bond donors (Lipinski definition) is 0. The van der Waals surface area contributed by atoms with Crippen molar-refractivity contribution in [3.05, 3.63) is 82.7 Å². The highest BCUT2D eigenvalue weighted by molar-refractivity contribution is 7.98. The Morgan fingerprint density at radius 2 is 1.94 bits per heavy atom. The van der Waals surface area contributed by atoms with Gasteiger partial charge in [0.15, 0.2) is 11.0 Å². The van der Waals surface area contributed by atoms with Crippen LogP contribution in [0.2, 0.25) is 0 Å². The van der Waals surface area contributed by atoms with Crippen LogP contribution in [0.4, 0.5) is 0 Å². The van der Waals surface area contributed by atoms with E-state index in [4.69, 9.17) is 0 Å². The summed E-state index contributed by atoms with van der Waals surface area (Å²) in [7, 11) is 1.85. The standard InChI is InChI=1S/C25H26N4OS2/c1-4-14-28(3)24(30)20-11-7-10-19(16-20)17-32-25-27-26-23(22-13-8-15-31-22)29(25)21-12-6-5-9-18(21)2/h5-13,15-16H,4,14,17H2,1-3H3. The topological polar surface area (TPSA) is 51.0 Å². The molecule has 2 heterocycles. The zero-order valence-corrected chi connectivity index (χ0v) is 20.1. The lowest BCUT2D eigenvalue weighted by Gasteiger charge is -2.16. The first-order chi connectivity index (χ1) is 15.6. The minimum atomic E-state index is 0.0572. The molecule has 0 spiro atoms. The van der Waals surface area contributed by atoms with Crippen LogP contribution in [0, 0.1) is 6.92 Å². The highest BCUT2D eigenvalue weighted by Gasteiger charge is 2.18. The van der Waals surface area contributed by atoms with Crippen molar-refractivity contribution in [2.24, 2.45) is 0 Å². The van der Waals surface area contributed by atoms with Crippen molar-refractivity contribution < 1.29 is 4.79 Å². The van der Waals surface area contributed by atoms with E-state index in [9.17, 15) is 4.79 Å². The molecule has 0 saturated heterocycles. The van der Waals surface area contributed by atoms with Crippen LogP contribution in [0.5, 0.6) is 0 Å². The summed E-state index contributed by atoms with van der Waals surface area (Å²) >= 11 is 3.29. The normalized spacial score (nSPS) is 11.0. The van der Waals surface area contributed by atoms with Crippen molar-refractivity contribution in [3.8, 4) is 16.4 Å². The summed E-state index contributed by atoms with van der Waals surface area (Å²) in [6.07, 6.45) is 0.943. The Kier molecular flexibility index (Phi) is 7.07. The van der Waals surface area contributed by atoms with Gasteiger partial charge in [-0.15, -0.1) is 21.5 Å². The third-order valence-electron chi connectivity index (χ3n) is 5.18. The van der Waals surface area contributed by atoms with Crippen LogP contribution in [0.15, 0.2) is 71.2 Å². The van der Waals surface area contributed by atoms with E-state index in [1.807, 2.05) is 43.4 Å². The lowest BCUT2D eigenvalue weighted by atomic mass is 10.1. The average molecular weight is 463 g/mol. The molecule has 0 saturated carbocycles. The SMILES string of the molecule is CCCN(C)C(=O)c1cccc(CSc2nnc(-c3cccs3)n2-c2ccccc2C)c1. The second kappa shape index (κ2) is 10.1. The van der Waals surface area contributed by atoms with Gasteiger partial charge in [-0.2, -0.15) is 0 Å². The molecule has 1 amide bonds. The van der Waals surface area contributed by atoms with Crippen molar-refractivity contribution in [1.82, 2.24) is 19.7 Å². The Bertz CT molecular complexity index is 1200. The summed E-state index contributed by atoms with van der Waals surface area (Å²) in [4.78, 5) is 15.5. The number of carbonyl (C=O) groups is 1. The number of benzene rings is 2. The van der Waals surface area contributed by atoms with Gasteiger partial charge in [-0.05, 0) is 54.1 Å². The van der Waals surface area contributed by atoms with Crippen molar-refractivity contribution in [1.29, 1.82) is 0 Å².